The van der Waals surface area contributed by atoms with Crippen LogP contribution in [0.4, 0.5) is 17.6 Å². The number of nitrogens with zero attached hydrogens (tertiary/aromatic N) is 2. The molecule has 0 bridgehead atoms. The molecule has 0 fully saturated rings. The van der Waals surface area contributed by atoms with Crippen LogP contribution in [-0.2, 0) is 6.18 Å². The molecule has 0 aliphatic carbocycles. The van der Waals surface area contributed by atoms with Gasteiger partial charge in [-0.3, -0.25) is 5.10 Å². The summed E-state index contributed by atoms with van der Waals surface area (Å²) in [5.74, 6) is -0.0000692. The van der Waals surface area contributed by atoms with Crippen LogP contribution < -0.4 is 0 Å². The summed E-state index contributed by atoms with van der Waals surface area (Å²) in [5.41, 5.74) is 1.63. The fourth-order valence-electron chi connectivity index (χ4n) is 2.59. The Balaban J connectivity index is 1.74. The number of nitrogens with one attached hydrogen (secondary N) is 2. The number of aromatic nitrogens is 4. The minimum atomic E-state index is -4.48. The number of hydrogen-bond acceptors (Lipinski definition) is 2. The lowest BCUT2D eigenvalue weighted by atomic mass is 10.1. The highest BCUT2D eigenvalue weighted by atomic mass is 79.9. The number of halogens is 5. The van der Waals surface area contributed by atoms with Crippen LogP contribution in [0.2, 0.25) is 0 Å². The van der Waals surface area contributed by atoms with E-state index in [1.165, 1.54) is 18.2 Å². The molecule has 2 heterocycles. The van der Waals surface area contributed by atoms with Gasteiger partial charge in [0.15, 0.2) is 5.82 Å². The van der Waals surface area contributed by atoms with Crippen molar-refractivity contribution < 1.29 is 17.6 Å². The van der Waals surface area contributed by atoms with E-state index in [1.807, 2.05) is 0 Å². The second-order valence-electron chi connectivity index (χ2n) is 5.61. The molecule has 4 nitrogen and oxygen atoms in total. The predicted molar refractivity (Wildman–Crippen MR) is 91.8 cm³/mol. The van der Waals surface area contributed by atoms with E-state index >= 15 is 0 Å². The predicted octanol–water partition coefficient (Wildman–Crippen LogP) is 5.54. The first-order valence-electron chi connectivity index (χ1n) is 7.39. The average molecular weight is 425 g/mol. The fraction of sp³-hybridized carbons (Fsp3) is 0.0588. The molecule has 2 aromatic carbocycles. The molecular formula is C17H9BrF4N4. The van der Waals surface area contributed by atoms with E-state index in [-0.39, 0.29) is 15.8 Å². The van der Waals surface area contributed by atoms with Gasteiger partial charge in [-0.25, -0.2) is 9.37 Å². The molecule has 0 unspecified atom stereocenters. The highest BCUT2D eigenvalue weighted by Crippen LogP contribution is 2.37. The number of imidazole rings is 1. The first kappa shape index (κ1) is 16.8. The third-order valence-corrected chi connectivity index (χ3v) is 4.51. The highest BCUT2D eigenvalue weighted by molar-refractivity contribution is 9.10. The maximum absolute atomic E-state index is 13.0. The van der Waals surface area contributed by atoms with Crippen LogP contribution >= 0.6 is 15.9 Å². The van der Waals surface area contributed by atoms with Crippen molar-refractivity contribution in [3.63, 3.8) is 0 Å². The van der Waals surface area contributed by atoms with Crippen LogP contribution in [0.25, 0.3) is 33.8 Å². The summed E-state index contributed by atoms with van der Waals surface area (Å²) < 4.78 is 52.0. The Kier molecular flexibility index (Phi) is 3.83. The summed E-state index contributed by atoms with van der Waals surface area (Å²) in [6.45, 7) is 0. The standard InChI is InChI=1S/C17H9BrF4N4/c18-11-6-14-13(5-10(11)17(20,21)22)23-16(24-14)15-7-12(25-26-15)8-1-3-9(19)4-2-8/h1-7H,(H,23,24)(H,25,26). The Labute approximate surface area is 152 Å². The average Bonchev–Trinajstić information content (AvgIpc) is 3.20. The van der Waals surface area contributed by atoms with E-state index in [0.29, 0.717) is 28.3 Å². The monoisotopic (exact) mass is 424 g/mol. The largest absolute Gasteiger partial charge is 0.417 e. The Bertz CT molecular complexity index is 1100. The van der Waals surface area contributed by atoms with E-state index in [9.17, 15) is 17.6 Å². The van der Waals surface area contributed by atoms with Gasteiger partial charge in [-0.15, -0.1) is 0 Å². The molecule has 2 N–H and O–H groups in total. The van der Waals surface area contributed by atoms with Gasteiger partial charge in [0.1, 0.15) is 11.5 Å². The number of rotatable bonds is 2. The SMILES string of the molecule is Fc1ccc(-c2cc(-c3nc4cc(C(F)(F)F)c(Br)cc4[nH]3)[nH]n2)cc1. The zero-order chi connectivity index (χ0) is 18.5. The zero-order valence-corrected chi connectivity index (χ0v) is 14.4. The Morgan fingerprint density at radius 2 is 1.73 bits per heavy atom. The van der Waals surface area contributed by atoms with Crippen LogP contribution in [0, 0.1) is 5.82 Å². The van der Waals surface area contributed by atoms with E-state index in [2.05, 4.69) is 36.1 Å². The lowest BCUT2D eigenvalue weighted by molar-refractivity contribution is -0.138. The summed E-state index contributed by atoms with van der Waals surface area (Å²) >= 11 is 2.94. The van der Waals surface area contributed by atoms with Crippen molar-refractivity contribution in [2.75, 3.05) is 0 Å². The third kappa shape index (κ3) is 2.98. The maximum Gasteiger partial charge on any atom is 0.417 e. The highest BCUT2D eigenvalue weighted by Gasteiger charge is 2.33. The van der Waals surface area contributed by atoms with E-state index in [4.69, 9.17) is 0 Å². The molecule has 0 amide bonds. The molecule has 0 aliphatic rings. The zero-order valence-electron chi connectivity index (χ0n) is 12.8. The fourth-order valence-corrected chi connectivity index (χ4v) is 3.15. The Morgan fingerprint density at radius 1 is 1.00 bits per heavy atom. The van der Waals surface area contributed by atoms with Crippen molar-refractivity contribution in [1.29, 1.82) is 0 Å². The molecule has 4 rings (SSSR count). The van der Waals surface area contributed by atoms with Gasteiger partial charge >= 0.3 is 6.18 Å². The van der Waals surface area contributed by atoms with Crippen LogP contribution in [0.15, 0.2) is 46.9 Å². The van der Waals surface area contributed by atoms with Gasteiger partial charge in [0, 0.05) is 10.0 Å². The lowest BCUT2D eigenvalue weighted by Gasteiger charge is -2.08. The van der Waals surface area contributed by atoms with Crippen molar-refractivity contribution in [1.82, 2.24) is 20.2 Å². The maximum atomic E-state index is 13.0. The normalized spacial score (nSPS) is 12.0. The van der Waals surface area contributed by atoms with E-state index < -0.39 is 11.7 Å². The molecule has 0 saturated heterocycles. The smallest absolute Gasteiger partial charge is 0.337 e. The minimum Gasteiger partial charge on any atom is -0.337 e. The van der Waals surface area contributed by atoms with Crippen LogP contribution in [-0.4, -0.2) is 20.2 Å². The first-order valence-corrected chi connectivity index (χ1v) is 8.19. The summed E-state index contributed by atoms with van der Waals surface area (Å²) in [6.07, 6.45) is -4.48. The van der Waals surface area contributed by atoms with Gasteiger partial charge in [-0.1, -0.05) is 15.9 Å². The van der Waals surface area contributed by atoms with E-state index in [0.717, 1.165) is 6.07 Å². The minimum absolute atomic E-state index is 0.0655. The van der Waals surface area contributed by atoms with Gasteiger partial charge in [-0.2, -0.15) is 18.3 Å². The molecular weight excluding hydrogens is 416 g/mol. The van der Waals surface area contributed by atoms with Crippen LogP contribution in [0.1, 0.15) is 5.56 Å². The van der Waals surface area contributed by atoms with Crippen molar-refractivity contribution in [2.45, 2.75) is 6.18 Å². The number of aromatic amines is 2. The number of alkyl halides is 3. The molecule has 0 radical (unpaired) electrons. The quantitative estimate of drug-likeness (QED) is 0.415. The topological polar surface area (TPSA) is 57.4 Å². The summed E-state index contributed by atoms with van der Waals surface area (Å²) in [7, 11) is 0. The molecule has 2 aromatic heterocycles. The number of benzene rings is 2. The van der Waals surface area contributed by atoms with Crippen molar-refractivity contribution in [2.24, 2.45) is 0 Å². The summed E-state index contributed by atoms with van der Waals surface area (Å²) in [6, 6.07) is 9.82. The molecule has 132 valence electrons. The summed E-state index contributed by atoms with van der Waals surface area (Å²) in [5, 5.41) is 6.92. The second-order valence-corrected chi connectivity index (χ2v) is 6.46. The van der Waals surface area contributed by atoms with E-state index in [1.54, 1.807) is 18.2 Å². The molecule has 0 aliphatic heterocycles. The Hall–Kier alpha value is -2.68. The lowest BCUT2D eigenvalue weighted by Crippen LogP contribution is -2.05. The first-order chi connectivity index (χ1) is 12.3. The molecule has 4 aromatic rings. The second kappa shape index (κ2) is 5.94. The van der Waals surface area contributed by atoms with Gasteiger partial charge in [0.2, 0.25) is 0 Å². The third-order valence-electron chi connectivity index (χ3n) is 3.85. The molecule has 0 atom stereocenters. The number of hydrogen-bond donors (Lipinski definition) is 2. The van der Waals surface area contributed by atoms with Crippen molar-refractivity contribution in [3.05, 3.63) is 58.3 Å². The molecule has 26 heavy (non-hydrogen) atoms. The van der Waals surface area contributed by atoms with Crippen molar-refractivity contribution in [3.8, 4) is 22.8 Å². The van der Waals surface area contributed by atoms with Gasteiger partial charge in [-0.05, 0) is 42.5 Å². The summed E-state index contributed by atoms with van der Waals surface area (Å²) in [4.78, 5) is 7.18. The van der Waals surface area contributed by atoms with Gasteiger partial charge in [0.05, 0.1) is 22.3 Å². The Morgan fingerprint density at radius 3 is 2.42 bits per heavy atom. The van der Waals surface area contributed by atoms with Crippen molar-refractivity contribution >= 4 is 27.0 Å². The van der Waals surface area contributed by atoms with Crippen LogP contribution in [0.5, 0.6) is 0 Å². The number of fused-ring (bicyclic) bond motifs is 1. The molecule has 0 saturated carbocycles. The van der Waals surface area contributed by atoms with Crippen LogP contribution in [0.3, 0.4) is 0 Å². The van der Waals surface area contributed by atoms with Gasteiger partial charge in [0.25, 0.3) is 0 Å². The molecule has 0 spiro atoms. The van der Waals surface area contributed by atoms with Gasteiger partial charge < -0.3 is 4.98 Å². The number of H-pyrrole nitrogens is 2. The molecule has 9 heteroatoms.